The lowest BCUT2D eigenvalue weighted by molar-refractivity contribution is 0.313. The van der Waals surface area contributed by atoms with Crippen LogP contribution in [0.3, 0.4) is 0 Å². The third-order valence-corrected chi connectivity index (χ3v) is 7.25. The molecule has 3 rings (SSSR count). The predicted molar refractivity (Wildman–Crippen MR) is 122 cm³/mol. The van der Waals surface area contributed by atoms with Gasteiger partial charge in [0.1, 0.15) is 5.75 Å². The highest BCUT2D eigenvalue weighted by molar-refractivity contribution is 7.89. The Bertz CT molecular complexity index is 964. The van der Waals surface area contributed by atoms with Crippen LogP contribution in [0, 0.1) is 6.92 Å². The molecular formula is C23H33N3O3S. The Morgan fingerprint density at radius 2 is 1.70 bits per heavy atom. The summed E-state index contributed by atoms with van der Waals surface area (Å²) in [6.45, 7) is 10.2. The van der Waals surface area contributed by atoms with Gasteiger partial charge >= 0.3 is 0 Å². The van der Waals surface area contributed by atoms with Gasteiger partial charge in [0.2, 0.25) is 10.0 Å². The molecule has 6 nitrogen and oxygen atoms in total. The summed E-state index contributed by atoms with van der Waals surface area (Å²) in [6, 6.07) is 11.7. The lowest BCUT2D eigenvalue weighted by atomic mass is 10.0. The van der Waals surface area contributed by atoms with Crippen LogP contribution in [-0.2, 0) is 16.6 Å². The first-order chi connectivity index (χ1) is 14.2. The van der Waals surface area contributed by atoms with Crippen LogP contribution in [0.2, 0.25) is 0 Å². The number of aryl methyl sites for hydroxylation is 1. The van der Waals surface area contributed by atoms with Crippen molar-refractivity contribution in [2.75, 3.05) is 45.2 Å². The van der Waals surface area contributed by atoms with E-state index in [1.807, 2.05) is 26.0 Å². The van der Waals surface area contributed by atoms with Crippen LogP contribution >= 0.6 is 0 Å². The van der Waals surface area contributed by atoms with Crippen molar-refractivity contribution in [3.05, 3.63) is 53.1 Å². The minimum atomic E-state index is -3.63. The van der Waals surface area contributed by atoms with Crippen molar-refractivity contribution in [3.8, 4) is 5.75 Å². The fourth-order valence-corrected chi connectivity index (χ4v) is 5.02. The second-order valence-corrected chi connectivity index (χ2v) is 10.0. The van der Waals surface area contributed by atoms with E-state index in [0.29, 0.717) is 10.5 Å². The SMILES string of the molecule is COc1cc(C)c(S(=O)(=O)NCc2ccc(N3CCN(C)CC3)cc2)cc1C(C)C. The Labute approximate surface area is 180 Å². The quantitative estimate of drug-likeness (QED) is 0.728. The van der Waals surface area contributed by atoms with Gasteiger partial charge < -0.3 is 14.5 Å². The summed E-state index contributed by atoms with van der Waals surface area (Å²) < 4.78 is 34.1. The van der Waals surface area contributed by atoms with Gasteiger partial charge in [0.05, 0.1) is 12.0 Å². The second kappa shape index (κ2) is 9.37. The molecular weight excluding hydrogens is 398 g/mol. The Balaban J connectivity index is 1.71. The van der Waals surface area contributed by atoms with E-state index in [0.717, 1.165) is 43.1 Å². The molecule has 1 aliphatic rings. The topological polar surface area (TPSA) is 61.9 Å². The average molecular weight is 432 g/mol. The smallest absolute Gasteiger partial charge is 0.241 e. The standard InChI is InChI=1S/C23H33N3O3S/c1-17(2)21-15-23(18(3)14-22(21)29-5)30(27,28)24-16-19-6-8-20(9-7-19)26-12-10-25(4)11-13-26/h6-9,14-15,17,24H,10-13,16H2,1-5H3. The van der Waals surface area contributed by atoms with Crippen LogP contribution in [0.15, 0.2) is 41.3 Å². The van der Waals surface area contributed by atoms with Crippen molar-refractivity contribution in [1.29, 1.82) is 0 Å². The highest BCUT2D eigenvalue weighted by atomic mass is 32.2. The fourth-order valence-electron chi connectivity index (χ4n) is 3.74. The van der Waals surface area contributed by atoms with Gasteiger partial charge in [0.25, 0.3) is 0 Å². The molecule has 0 bridgehead atoms. The number of likely N-dealkylation sites (N-methyl/N-ethyl adjacent to an activating group) is 1. The molecule has 2 aromatic rings. The number of nitrogens with zero attached hydrogens (tertiary/aromatic N) is 2. The van der Waals surface area contributed by atoms with Crippen LogP contribution < -0.4 is 14.4 Å². The van der Waals surface area contributed by atoms with Gasteiger partial charge in [-0.2, -0.15) is 0 Å². The number of piperazine rings is 1. The fraction of sp³-hybridized carbons (Fsp3) is 0.478. The molecule has 1 N–H and O–H groups in total. The number of sulfonamides is 1. The van der Waals surface area contributed by atoms with E-state index in [1.165, 1.54) is 5.69 Å². The molecule has 7 heteroatoms. The summed E-state index contributed by atoms with van der Waals surface area (Å²) in [4.78, 5) is 4.99. The minimum Gasteiger partial charge on any atom is -0.496 e. The van der Waals surface area contributed by atoms with Crippen LogP contribution in [0.25, 0.3) is 0 Å². The molecule has 1 fully saturated rings. The van der Waals surface area contributed by atoms with Crippen molar-refractivity contribution in [2.45, 2.75) is 38.1 Å². The van der Waals surface area contributed by atoms with Gasteiger partial charge in [-0.15, -0.1) is 0 Å². The van der Waals surface area contributed by atoms with Crippen molar-refractivity contribution in [1.82, 2.24) is 9.62 Å². The highest BCUT2D eigenvalue weighted by Crippen LogP contribution is 2.31. The normalized spacial score (nSPS) is 15.6. The van der Waals surface area contributed by atoms with E-state index in [1.54, 1.807) is 26.2 Å². The molecule has 0 saturated carbocycles. The van der Waals surface area contributed by atoms with Crippen LogP contribution in [0.5, 0.6) is 5.75 Å². The van der Waals surface area contributed by atoms with Gasteiger partial charge in [-0.3, -0.25) is 0 Å². The zero-order chi connectivity index (χ0) is 21.9. The first-order valence-electron chi connectivity index (χ1n) is 10.4. The molecule has 1 aliphatic heterocycles. The van der Waals surface area contributed by atoms with Crippen LogP contribution in [0.1, 0.15) is 36.5 Å². The zero-order valence-electron chi connectivity index (χ0n) is 18.6. The molecule has 0 aromatic heterocycles. The summed E-state index contributed by atoms with van der Waals surface area (Å²) in [6.07, 6.45) is 0. The number of anilines is 1. The monoisotopic (exact) mass is 431 g/mol. The molecule has 2 aromatic carbocycles. The Hall–Kier alpha value is -2.09. The van der Waals surface area contributed by atoms with Crippen molar-refractivity contribution in [3.63, 3.8) is 0 Å². The maximum Gasteiger partial charge on any atom is 0.241 e. The maximum atomic E-state index is 13.0. The minimum absolute atomic E-state index is 0.164. The number of ether oxygens (including phenoxy) is 1. The molecule has 164 valence electrons. The zero-order valence-corrected chi connectivity index (χ0v) is 19.4. The Morgan fingerprint density at radius 1 is 1.07 bits per heavy atom. The summed E-state index contributed by atoms with van der Waals surface area (Å²) in [5.41, 5.74) is 3.68. The van der Waals surface area contributed by atoms with Gasteiger partial charge in [-0.1, -0.05) is 26.0 Å². The van der Waals surface area contributed by atoms with Gasteiger partial charge in [0.15, 0.2) is 0 Å². The molecule has 0 aliphatic carbocycles. The molecule has 1 heterocycles. The van der Waals surface area contributed by atoms with E-state index in [9.17, 15) is 8.42 Å². The number of nitrogens with one attached hydrogen (secondary N) is 1. The molecule has 0 unspecified atom stereocenters. The third kappa shape index (κ3) is 5.14. The highest BCUT2D eigenvalue weighted by Gasteiger charge is 2.21. The van der Waals surface area contributed by atoms with E-state index in [-0.39, 0.29) is 12.5 Å². The molecule has 0 spiro atoms. The summed E-state index contributed by atoms with van der Waals surface area (Å²) in [7, 11) is 0.122. The first-order valence-corrected chi connectivity index (χ1v) is 11.9. The number of methoxy groups -OCH3 is 1. The van der Waals surface area contributed by atoms with Crippen LogP contribution in [-0.4, -0.2) is 53.7 Å². The second-order valence-electron chi connectivity index (χ2n) is 8.30. The molecule has 0 atom stereocenters. The lowest BCUT2D eigenvalue weighted by Gasteiger charge is -2.34. The van der Waals surface area contributed by atoms with E-state index >= 15 is 0 Å². The maximum absolute atomic E-state index is 13.0. The van der Waals surface area contributed by atoms with Gasteiger partial charge in [0, 0.05) is 38.4 Å². The number of benzene rings is 2. The third-order valence-electron chi connectivity index (χ3n) is 5.71. The number of hydrogen-bond acceptors (Lipinski definition) is 5. The van der Waals surface area contributed by atoms with Gasteiger partial charge in [-0.05, 0) is 60.8 Å². The van der Waals surface area contributed by atoms with Crippen molar-refractivity contribution in [2.24, 2.45) is 0 Å². The number of hydrogen-bond donors (Lipinski definition) is 1. The van der Waals surface area contributed by atoms with Gasteiger partial charge in [-0.25, -0.2) is 13.1 Å². The van der Waals surface area contributed by atoms with E-state index in [4.69, 9.17) is 4.74 Å². The molecule has 30 heavy (non-hydrogen) atoms. The summed E-state index contributed by atoms with van der Waals surface area (Å²) >= 11 is 0. The van der Waals surface area contributed by atoms with Crippen LogP contribution in [0.4, 0.5) is 5.69 Å². The lowest BCUT2D eigenvalue weighted by Crippen LogP contribution is -2.44. The largest absolute Gasteiger partial charge is 0.496 e. The van der Waals surface area contributed by atoms with Crippen molar-refractivity contribution < 1.29 is 13.2 Å². The predicted octanol–water partition coefficient (Wildman–Crippen LogP) is 3.36. The average Bonchev–Trinajstić information content (AvgIpc) is 2.72. The summed E-state index contributed by atoms with van der Waals surface area (Å²) in [5, 5.41) is 0. The molecule has 0 amide bonds. The first kappa shape index (κ1) is 22.6. The molecule has 1 saturated heterocycles. The Morgan fingerprint density at radius 3 is 2.27 bits per heavy atom. The number of rotatable bonds is 7. The molecule has 0 radical (unpaired) electrons. The van der Waals surface area contributed by atoms with E-state index < -0.39 is 10.0 Å². The van der Waals surface area contributed by atoms with E-state index in [2.05, 4.69) is 33.7 Å². The summed E-state index contributed by atoms with van der Waals surface area (Å²) in [5.74, 6) is 0.887. The van der Waals surface area contributed by atoms with Crippen molar-refractivity contribution >= 4 is 15.7 Å². The Kier molecular flexibility index (Phi) is 7.06.